The molecule has 2 atom stereocenters. The van der Waals surface area contributed by atoms with Gasteiger partial charge in [0, 0.05) is 0 Å². The van der Waals surface area contributed by atoms with Gasteiger partial charge in [-0.3, -0.25) is 5.32 Å². The molecule has 0 radical (unpaired) electrons. The van der Waals surface area contributed by atoms with Crippen molar-refractivity contribution in [3.63, 3.8) is 0 Å². The van der Waals surface area contributed by atoms with Crippen LogP contribution in [0.4, 0.5) is 0 Å². The third kappa shape index (κ3) is 6.05. The topological polar surface area (TPSA) is 32.3 Å². The van der Waals surface area contributed by atoms with E-state index in [9.17, 15) is 0 Å². The van der Waals surface area contributed by atoms with Crippen LogP contribution in [-0.4, -0.2) is 17.9 Å². The Morgan fingerprint density at radius 3 is 2.40 bits per heavy atom. The van der Waals surface area contributed by atoms with Crippen LogP contribution in [0.15, 0.2) is 0 Å². The standard InChI is InChI=1S/C8H19NO/c1-4-7(2)5-6-9-8(3)10/h7-10H,4-6H2,1-3H3. The van der Waals surface area contributed by atoms with Gasteiger partial charge < -0.3 is 5.11 Å². The Morgan fingerprint density at radius 2 is 2.00 bits per heavy atom. The fourth-order valence-corrected chi connectivity index (χ4v) is 0.743. The average Bonchev–Trinajstić information content (AvgIpc) is 1.87. The van der Waals surface area contributed by atoms with Gasteiger partial charge in [0.05, 0.1) is 0 Å². The number of hydrogen-bond acceptors (Lipinski definition) is 2. The van der Waals surface area contributed by atoms with Gasteiger partial charge in [0.15, 0.2) is 0 Å². The maximum Gasteiger partial charge on any atom is 0.102 e. The summed E-state index contributed by atoms with van der Waals surface area (Å²) in [6, 6.07) is 0. The fraction of sp³-hybridized carbons (Fsp3) is 1.00. The maximum absolute atomic E-state index is 8.83. The lowest BCUT2D eigenvalue weighted by molar-refractivity contribution is 0.154. The zero-order valence-electron chi connectivity index (χ0n) is 7.22. The quantitative estimate of drug-likeness (QED) is 0.572. The van der Waals surface area contributed by atoms with Gasteiger partial charge in [-0.2, -0.15) is 0 Å². The number of rotatable bonds is 5. The molecule has 0 fully saturated rings. The number of aliphatic hydroxyl groups excluding tert-OH is 1. The molecule has 0 amide bonds. The minimum Gasteiger partial charge on any atom is -0.379 e. The first-order chi connectivity index (χ1) is 4.66. The molecule has 2 unspecified atom stereocenters. The highest BCUT2D eigenvalue weighted by Crippen LogP contribution is 2.04. The van der Waals surface area contributed by atoms with Crippen LogP contribution < -0.4 is 5.32 Å². The monoisotopic (exact) mass is 145 g/mol. The Morgan fingerprint density at radius 1 is 1.40 bits per heavy atom. The molecule has 0 bridgehead atoms. The number of aliphatic hydroxyl groups is 1. The molecule has 0 aliphatic rings. The predicted octanol–water partition coefficient (Wildman–Crippen LogP) is 1.35. The Balaban J connectivity index is 3.03. The Bertz CT molecular complexity index is 73.7. The van der Waals surface area contributed by atoms with Crippen LogP contribution in [0.25, 0.3) is 0 Å². The number of nitrogens with one attached hydrogen (secondary N) is 1. The van der Waals surface area contributed by atoms with Crippen molar-refractivity contribution in [2.75, 3.05) is 6.54 Å². The minimum atomic E-state index is -0.357. The first kappa shape index (κ1) is 9.92. The zero-order valence-corrected chi connectivity index (χ0v) is 7.22. The maximum atomic E-state index is 8.83. The highest BCUT2D eigenvalue weighted by atomic mass is 16.3. The van der Waals surface area contributed by atoms with Crippen LogP contribution in [0.2, 0.25) is 0 Å². The van der Waals surface area contributed by atoms with Crippen LogP contribution in [0.3, 0.4) is 0 Å². The van der Waals surface area contributed by atoms with E-state index in [1.807, 2.05) is 0 Å². The van der Waals surface area contributed by atoms with Gasteiger partial charge in [0.2, 0.25) is 0 Å². The molecule has 0 aromatic carbocycles. The van der Waals surface area contributed by atoms with Gasteiger partial charge in [-0.05, 0) is 25.8 Å². The molecule has 0 aliphatic heterocycles. The summed E-state index contributed by atoms with van der Waals surface area (Å²) in [5, 5.41) is 11.8. The van der Waals surface area contributed by atoms with E-state index in [1.54, 1.807) is 6.92 Å². The summed E-state index contributed by atoms with van der Waals surface area (Å²) in [5.41, 5.74) is 0. The van der Waals surface area contributed by atoms with Gasteiger partial charge in [-0.25, -0.2) is 0 Å². The molecule has 2 heteroatoms. The van der Waals surface area contributed by atoms with E-state index in [4.69, 9.17) is 5.11 Å². The second-order valence-corrected chi connectivity index (χ2v) is 2.93. The largest absolute Gasteiger partial charge is 0.379 e. The third-order valence-electron chi connectivity index (χ3n) is 1.77. The van der Waals surface area contributed by atoms with Crippen LogP contribution in [0.1, 0.15) is 33.6 Å². The van der Waals surface area contributed by atoms with Crippen LogP contribution >= 0.6 is 0 Å². The molecular weight excluding hydrogens is 126 g/mol. The fourth-order valence-electron chi connectivity index (χ4n) is 0.743. The summed E-state index contributed by atoms with van der Waals surface area (Å²) in [6.45, 7) is 7.08. The zero-order chi connectivity index (χ0) is 7.98. The van der Waals surface area contributed by atoms with Crippen molar-refractivity contribution >= 4 is 0 Å². The number of hydrogen-bond donors (Lipinski definition) is 2. The highest BCUT2D eigenvalue weighted by Gasteiger charge is 1.98. The van der Waals surface area contributed by atoms with Crippen molar-refractivity contribution in [2.24, 2.45) is 5.92 Å². The summed E-state index contributed by atoms with van der Waals surface area (Å²) < 4.78 is 0. The van der Waals surface area contributed by atoms with E-state index in [1.165, 1.54) is 6.42 Å². The summed E-state index contributed by atoms with van der Waals surface area (Å²) in [6.07, 6.45) is 2.02. The second-order valence-electron chi connectivity index (χ2n) is 2.93. The summed E-state index contributed by atoms with van der Waals surface area (Å²) in [7, 11) is 0. The molecule has 10 heavy (non-hydrogen) atoms. The van der Waals surface area contributed by atoms with Gasteiger partial charge in [-0.1, -0.05) is 20.3 Å². The second kappa shape index (κ2) is 5.69. The lowest BCUT2D eigenvalue weighted by Gasteiger charge is -2.10. The molecule has 62 valence electrons. The van der Waals surface area contributed by atoms with Gasteiger partial charge >= 0.3 is 0 Å². The highest BCUT2D eigenvalue weighted by molar-refractivity contribution is 4.53. The first-order valence-electron chi connectivity index (χ1n) is 4.08. The lowest BCUT2D eigenvalue weighted by Crippen LogP contribution is -2.27. The predicted molar refractivity (Wildman–Crippen MR) is 43.8 cm³/mol. The summed E-state index contributed by atoms with van der Waals surface area (Å²) >= 11 is 0. The molecule has 0 rings (SSSR count). The Labute approximate surface area is 63.6 Å². The third-order valence-corrected chi connectivity index (χ3v) is 1.77. The first-order valence-corrected chi connectivity index (χ1v) is 4.08. The van der Waals surface area contributed by atoms with E-state index >= 15 is 0 Å². The van der Waals surface area contributed by atoms with Crippen LogP contribution in [-0.2, 0) is 0 Å². The molecule has 0 heterocycles. The van der Waals surface area contributed by atoms with Crippen molar-refractivity contribution in [1.29, 1.82) is 0 Å². The smallest absolute Gasteiger partial charge is 0.102 e. The van der Waals surface area contributed by atoms with E-state index in [2.05, 4.69) is 19.2 Å². The normalized spacial score (nSPS) is 16.8. The molecular formula is C8H19NO. The van der Waals surface area contributed by atoms with E-state index in [-0.39, 0.29) is 6.23 Å². The van der Waals surface area contributed by atoms with E-state index in [0.717, 1.165) is 18.9 Å². The molecule has 0 aromatic heterocycles. The van der Waals surface area contributed by atoms with Crippen molar-refractivity contribution in [3.8, 4) is 0 Å². The molecule has 2 nitrogen and oxygen atoms in total. The van der Waals surface area contributed by atoms with Crippen molar-refractivity contribution < 1.29 is 5.11 Å². The van der Waals surface area contributed by atoms with E-state index < -0.39 is 0 Å². The van der Waals surface area contributed by atoms with Crippen molar-refractivity contribution in [3.05, 3.63) is 0 Å². The molecule has 0 saturated carbocycles. The summed E-state index contributed by atoms with van der Waals surface area (Å²) in [5.74, 6) is 0.770. The van der Waals surface area contributed by atoms with Gasteiger partial charge in [0.1, 0.15) is 6.23 Å². The van der Waals surface area contributed by atoms with E-state index in [0.29, 0.717) is 0 Å². The van der Waals surface area contributed by atoms with Gasteiger partial charge in [0.25, 0.3) is 0 Å². The molecule has 0 saturated heterocycles. The molecule has 0 aliphatic carbocycles. The minimum absolute atomic E-state index is 0.357. The van der Waals surface area contributed by atoms with Crippen molar-refractivity contribution in [1.82, 2.24) is 5.32 Å². The Hall–Kier alpha value is -0.0800. The van der Waals surface area contributed by atoms with Gasteiger partial charge in [-0.15, -0.1) is 0 Å². The van der Waals surface area contributed by atoms with Crippen molar-refractivity contribution in [2.45, 2.75) is 39.8 Å². The molecule has 0 aromatic rings. The average molecular weight is 145 g/mol. The summed E-state index contributed by atoms with van der Waals surface area (Å²) in [4.78, 5) is 0. The van der Waals surface area contributed by atoms with Crippen LogP contribution in [0, 0.1) is 5.92 Å². The molecule has 2 N–H and O–H groups in total. The molecule has 0 spiro atoms. The van der Waals surface area contributed by atoms with Crippen LogP contribution in [0.5, 0.6) is 0 Å². The lowest BCUT2D eigenvalue weighted by atomic mass is 10.1. The SMILES string of the molecule is CCC(C)CCNC(C)O. The Kier molecular flexibility index (Phi) is 5.64.